The van der Waals surface area contributed by atoms with Gasteiger partial charge in [0.2, 0.25) is 0 Å². The fourth-order valence-corrected chi connectivity index (χ4v) is 2.20. The van der Waals surface area contributed by atoms with Crippen LogP contribution >= 0.6 is 15.9 Å². The van der Waals surface area contributed by atoms with Crippen LogP contribution in [-0.4, -0.2) is 11.0 Å². The maximum Gasteiger partial charge on any atom is 0.171 e. The van der Waals surface area contributed by atoms with Gasteiger partial charge in [0, 0.05) is 10.0 Å². The van der Waals surface area contributed by atoms with Crippen molar-refractivity contribution in [3.05, 3.63) is 57.8 Å². The third kappa shape index (κ3) is 3.08. The highest BCUT2D eigenvalue weighted by molar-refractivity contribution is 9.10. The molecule has 0 aliphatic carbocycles. The SMILES string of the molecule is Cc1cc(Oc2ccc(/C(N)=N/O)c(Br)c2)ccc1F. The van der Waals surface area contributed by atoms with Gasteiger partial charge in [-0.1, -0.05) is 5.16 Å². The number of nitrogens with zero attached hydrogens (tertiary/aromatic N) is 1. The molecule has 3 N–H and O–H groups in total. The lowest BCUT2D eigenvalue weighted by Crippen LogP contribution is -2.13. The summed E-state index contributed by atoms with van der Waals surface area (Å²) in [6, 6.07) is 9.53. The predicted molar refractivity (Wildman–Crippen MR) is 77.9 cm³/mol. The lowest BCUT2D eigenvalue weighted by Gasteiger charge is -2.09. The molecule has 0 fully saturated rings. The summed E-state index contributed by atoms with van der Waals surface area (Å²) in [7, 11) is 0. The van der Waals surface area contributed by atoms with Crippen LogP contribution < -0.4 is 10.5 Å². The first-order chi connectivity index (χ1) is 9.51. The highest BCUT2D eigenvalue weighted by Crippen LogP contribution is 2.28. The second-order valence-corrected chi connectivity index (χ2v) is 4.99. The van der Waals surface area contributed by atoms with Crippen LogP contribution in [0.1, 0.15) is 11.1 Å². The summed E-state index contributed by atoms with van der Waals surface area (Å²) in [5.41, 5.74) is 6.58. The van der Waals surface area contributed by atoms with Crippen molar-refractivity contribution in [3.8, 4) is 11.5 Å². The van der Waals surface area contributed by atoms with Crippen LogP contribution in [0.3, 0.4) is 0 Å². The Balaban J connectivity index is 2.26. The molecular weight excluding hydrogens is 327 g/mol. The van der Waals surface area contributed by atoms with Crippen LogP contribution in [0, 0.1) is 12.7 Å². The summed E-state index contributed by atoms with van der Waals surface area (Å²) < 4.78 is 19.4. The van der Waals surface area contributed by atoms with Crippen LogP contribution in [0.2, 0.25) is 0 Å². The van der Waals surface area contributed by atoms with Crippen LogP contribution in [0.25, 0.3) is 0 Å². The van der Waals surface area contributed by atoms with Crippen molar-refractivity contribution in [3.63, 3.8) is 0 Å². The summed E-state index contributed by atoms with van der Waals surface area (Å²) in [6.07, 6.45) is 0. The molecule has 0 saturated heterocycles. The van der Waals surface area contributed by atoms with Crippen molar-refractivity contribution < 1.29 is 14.3 Å². The minimum absolute atomic E-state index is 0.000974. The van der Waals surface area contributed by atoms with Crippen LogP contribution in [0.4, 0.5) is 4.39 Å². The van der Waals surface area contributed by atoms with E-state index < -0.39 is 0 Å². The number of oxime groups is 1. The zero-order chi connectivity index (χ0) is 14.7. The van der Waals surface area contributed by atoms with Gasteiger partial charge < -0.3 is 15.7 Å². The van der Waals surface area contributed by atoms with Gasteiger partial charge in [-0.05, 0) is 64.8 Å². The van der Waals surface area contributed by atoms with E-state index in [1.54, 1.807) is 37.3 Å². The van der Waals surface area contributed by atoms with E-state index in [0.29, 0.717) is 27.1 Å². The summed E-state index contributed by atoms with van der Waals surface area (Å²) in [5.74, 6) is 0.812. The first kappa shape index (κ1) is 14.3. The van der Waals surface area contributed by atoms with E-state index in [1.165, 1.54) is 6.07 Å². The van der Waals surface area contributed by atoms with E-state index in [9.17, 15) is 4.39 Å². The molecule has 0 radical (unpaired) electrons. The smallest absolute Gasteiger partial charge is 0.171 e. The van der Waals surface area contributed by atoms with E-state index in [4.69, 9.17) is 15.7 Å². The van der Waals surface area contributed by atoms with Crippen molar-refractivity contribution >= 4 is 21.8 Å². The zero-order valence-corrected chi connectivity index (χ0v) is 12.2. The Bertz CT molecular complexity index is 674. The monoisotopic (exact) mass is 338 g/mol. The first-order valence-electron chi connectivity index (χ1n) is 5.72. The molecule has 0 aliphatic heterocycles. The van der Waals surface area contributed by atoms with Gasteiger partial charge in [0.1, 0.15) is 17.3 Å². The van der Waals surface area contributed by atoms with Gasteiger partial charge in [-0.25, -0.2) is 4.39 Å². The Morgan fingerprint density at radius 3 is 2.50 bits per heavy atom. The topological polar surface area (TPSA) is 67.8 Å². The van der Waals surface area contributed by atoms with Gasteiger partial charge in [0.25, 0.3) is 0 Å². The van der Waals surface area contributed by atoms with Gasteiger partial charge >= 0.3 is 0 Å². The Kier molecular flexibility index (Phi) is 4.24. The molecule has 0 aromatic heterocycles. The van der Waals surface area contributed by atoms with Crippen molar-refractivity contribution in [2.45, 2.75) is 6.92 Å². The van der Waals surface area contributed by atoms with Crippen LogP contribution in [-0.2, 0) is 0 Å². The molecule has 0 bridgehead atoms. The number of halogens is 2. The van der Waals surface area contributed by atoms with Gasteiger partial charge in [0.05, 0.1) is 0 Å². The van der Waals surface area contributed by atoms with E-state index >= 15 is 0 Å². The largest absolute Gasteiger partial charge is 0.457 e. The molecule has 0 saturated carbocycles. The normalized spacial score (nSPS) is 11.4. The minimum atomic E-state index is -0.277. The minimum Gasteiger partial charge on any atom is -0.457 e. The van der Waals surface area contributed by atoms with Crippen LogP contribution in [0.5, 0.6) is 11.5 Å². The molecule has 20 heavy (non-hydrogen) atoms. The summed E-state index contributed by atoms with van der Waals surface area (Å²) in [4.78, 5) is 0. The Morgan fingerprint density at radius 1 is 1.25 bits per heavy atom. The van der Waals surface area contributed by atoms with Crippen LogP contribution in [0.15, 0.2) is 46.0 Å². The number of amidine groups is 1. The second-order valence-electron chi connectivity index (χ2n) is 4.14. The molecule has 0 atom stereocenters. The van der Waals surface area contributed by atoms with Crippen molar-refractivity contribution in [1.82, 2.24) is 0 Å². The fourth-order valence-electron chi connectivity index (χ4n) is 1.64. The van der Waals surface area contributed by atoms with E-state index in [-0.39, 0.29) is 11.7 Å². The highest BCUT2D eigenvalue weighted by Gasteiger charge is 2.08. The molecule has 2 aromatic rings. The summed E-state index contributed by atoms with van der Waals surface area (Å²) in [5, 5.41) is 11.6. The van der Waals surface area contributed by atoms with E-state index in [1.807, 2.05) is 0 Å². The molecular formula is C14H12BrFN2O2. The quantitative estimate of drug-likeness (QED) is 0.387. The molecule has 0 unspecified atom stereocenters. The Hall–Kier alpha value is -2.08. The lowest BCUT2D eigenvalue weighted by atomic mass is 10.2. The number of benzene rings is 2. The molecule has 2 aromatic carbocycles. The standard InChI is InChI=1S/C14H12BrFN2O2/c1-8-6-9(3-5-13(8)16)20-10-2-4-11(12(15)7-10)14(17)18-19/h2-7,19H,1H3,(H2,17,18). The molecule has 0 amide bonds. The number of ether oxygens (including phenoxy) is 1. The van der Waals surface area contributed by atoms with E-state index in [2.05, 4.69) is 21.1 Å². The number of hydrogen-bond acceptors (Lipinski definition) is 3. The molecule has 4 nitrogen and oxygen atoms in total. The highest BCUT2D eigenvalue weighted by atomic mass is 79.9. The van der Waals surface area contributed by atoms with Gasteiger partial charge in [-0.2, -0.15) is 0 Å². The number of nitrogens with two attached hydrogens (primary N) is 1. The Morgan fingerprint density at radius 2 is 1.90 bits per heavy atom. The number of hydrogen-bond donors (Lipinski definition) is 2. The van der Waals surface area contributed by atoms with Crippen molar-refractivity contribution in [2.24, 2.45) is 10.9 Å². The molecule has 0 heterocycles. The summed E-state index contributed by atoms with van der Waals surface area (Å²) >= 11 is 3.32. The Labute approximate surface area is 123 Å². The molecule has 2 rings (SSSR count). The molecule has 0 spiro atoms. The number of aryl methyl sites for hydroxylation is 1. The van der Waals surface area contributed by atoms with Crippen molar-refractivity contribution in [1.29, 1.82) is 0 Å². The third-order valence-electron chi connectivity index (χ3n) is 2.69. The molecule has 0 aliphatic rings. The fraction of sp³-hybridized carbons (Fsp3) is 0.0714. The lowest BCUT2D eigenvalue weighted by molar-refractivity contribution is 0.318. The maximum absolute atomic E-state index is 13.2. The van der Waals surface area contributed by atoms with Gasteiger partial charge in [0.15, 0.2) is 5.84 Å². The van der Waals surface area contributed by atoms with Gasteiger partial charge in [-0.15, -0.1) is 0 Å². The number of rotatable bonds is 3. The zero-order valence-electron chi connectivity index (χ0n) is 10.6. The van der Waals surface area contributed by atoms with E-state index in [0.717, 1.165) is 0 Å². The van der Waals surface area contributed by atoms with Crippen molar-refractivity contribution in [2.75, 3.05) is 0 Å². The average Bonchev–Trinajstić information content (AvgIpc) is 2.42. The molecule has 6 heteroatoms. The first-order valence-corrected chi connectivity index (χ1v) is 6.52. The summed E-state index contributed by atoms with van der Waals surface area (Å²) in [6.45, 7) is 1.67. The molecule has 104 valence electrons. The maximum atomic E-state index is 13.2. The predicted octanol–water partition coefficient (Wildman–Crippen LogP) is 3.78. The van der Waals surface area contributed by atoms with Gasteiger partial charge in [-0.3, -0.25) is 0 Å². The second kappa shape index (κ2) is 5.92. The average molecular weight is 339 g/mol. The third-order valence-corrected chi connectivity index (χ3v) is 3.35.